The van der Waals surface area contributed by atoms with E-state index in [1.807, 2.05) is 0 Å². The highest BCUT2D eigenvalue weighted by molar-refractivity contribution is 7.58. The molecule has 0 spiro atoms. The Hall–Kier alpha value is -0.390. The van der Waals surface area contributed by atoms with Gasteiger partial charge in [0.15, 0.2) is 0 Å². The first-order valence-corrected chi connectivity index (χ1v) is 8.38. The third-order valence-electron chi connectivity index (χ3n) is 3.34. The Kier molecular flexibility index (Phi) is 5.62. The van der Waals surface area contributed by atoms with Crippen LogP contribution in [0.5, 0.6) is 0 Å². The Morgan fingerprint density at radius 3 is 2.29 bits per heavy atom. The predicted molar refractivity (Wildman–Crippen MR) is 80.3 cm³/mol. The van der Waals surface area contributed by atoms with Gasteiger partial charge in [0, 0.05) is 6.04 Å². The lowest BCUT2D eigenvalue weighted by Crippen LogP contribution is -2.24. The molecule has 0 aliphatic heterocycles. The normalized spacial score (nSPS) is 15.6. The molecule has 96 valence electrons. The van der Waals surface area contributed by atoms with E-state index in [1.54, 1.807) is 0 Å². The average Bonchev–Trinajstić information content (AvgIpc) is 2.28. The predicted octanol–water partition coefficient (Wildman–Crippen LogP) is 4.25. The van der Waals surface area contributed by atoms with Gasteiger partial charge in [-0.2, -0.15) is 0 Å². The molecule has 1 aromatic rings. The molecule has 0 fully saturated rings. The Morgan fingerprint density at radius 1 is 1.18 bits per heavy atom. The number of hydrogen-bond donors (Lipinski definition) is 1. The molecule has 0 aliphatic carbocycles. The van der Waals surface area contributed by atoms with Crippen molar-refractivity contribution in [2.24, 2.45) is 0 Å². The lowest BCUT2D eigenvalue weighted by molar-refractivity contribution is 0.598. The first-order chi connectivity index (χ1) is 7.91. The summed E-state index contributed by atoms with van der Waals surface area (Å²) < 4.78 is 0. The van der Waals surface area contributed by atoms with Gasteiger partial charge in [0.1, 0.15) is 0 Å². The zero-order chi connectivity index (χ0) is 12.9. The average molecular weight is 251 g/mol. The van der Waals surface area contributed by atoms with Crippen molar-refractivity contribution in [3.8, 4) is 0 Å². The zero-order valence-corrected chi connectivity index (χ0v) is 12.7. The number of rotatable bonds is 5. The highest BCUT2D eigenvalue weighted by Gasteiger charge is 2.18. The number of benzene rings is 1. The summed E-state index contributed by atoms with van der Waals surface area (Å²) in [7, 11) is 0.116. The van der Waals surface area contributed by atoms with Crippen molar-refractivity contribution >= 4 is 7.92 Å². The minimum atomic E-state index is 0.116. The molecule has 1 unspecified atom stereocenters. The van der Waals surface area contributed by atoms with Crippen LogP contribution in [-0.2, 0) is 0 Å². The topological polar surface area (TPSA) is 12.0 Å². The van der Waals surface area contributed by atoms with Crippen LogP contribution in [0.2, 0.25) is 0 Å². The summed E-state index contributed by atoms with van der Waals surface area (Å²) in [5.41, 5.74) is 1.38. The Balaban J connectivity index is 2.33. The molecule has 1 nitrogen and oxygen atoms in total. The van der Waals surface area contributed by atoms with Gasteiger partial charge in [0.05, 0.1) is 0 Å². The molecule has 2 atom stereocenters. The third kappa shape index (κ3) is 5.19. The van der Waals surface area contributed by atoms with Crippen LogP contribution >= 0.6 is 7.92 Å². The van der Waals surface area contributed by atoms with Crippen molar-refractivity contribution in [3.63, 3.8) is 0 Å². The summed E-state index contributed by atoms with van der Waals surface area (Å²) >= 11 is 0. The molecule has 1 rings (SSSR count). The molecule has 17 heavy (non-hydrogen) atoms. The van der Waals surface area contributed by atoms with Crippen LogP contribution < -0.4 is 5.32 Å². The van der Waals surface area contributed by atoms with Crippen LogP contribution in [-0.4, -0.2) is 24.5 Å². The first kappa shape index (κ1) is 14.7. The molecule has 0 radical (unpaired) electrons. The monoisotopic (exact) mass is 251 g/mol. The lowest BCUT2D eigenvalue weighted by Gasteiger charge is -2.28. The van der Waals surface area contributed by atoms with E-state index in [-0.39, 0.29) is 7.92 Å². The van der Waals surface area contributed by atoms with Crippen LogP contribution in [0.1, 0.15) is 39.3 Å². The van der Waals surface area contributed by atoms with Crippen molar-refractivity contribution < 1.29 is 0 Å². The van der Waals surface area contributed by atoms with Gasteiger partial charge in [-0.05, 0) is 37.0 Å². The minimum Gasteiger partial charge on any atom is -0.310 e. The molecule has 0 aliphatic rings. The fraction of sp³-hybridized carbons (Fsp3) is 0.600. The van der Waals surface area contributed by atoms with Gasteiger partial charge in [-0.15, -0.1) is 7.92 Å². The fourth-order valence-corrected chi connectivity index (χ4v) is 2.78. The summed E-state index contributed by atoms with van der Waals surface area (Å²) in [6.45, 7) is 12.8. The highest BCUT2D eigenvalue weighted by atomic mass is 31.1. The van der Waals surface area contributed by atoms with Crippen LogP contribution in [0.25, 0.3) is 0 Å². The van der Waals surface area contributed by atoms with Crippen molar-refractivity contribution in [1.82, 2.24) is 5.32 Å². The van der Waals surface area contributed by atoms with Gasteiger partial charge in [-0.3, -0.25) is 0 Å². The van der Waals surface area contributed by atoms with Gasteiger partial charge in [-0.1, -0.05) is 51.1 Å². The molecular formula is C15H26NP. The first-order valence-electron chi connectivity index (χ1n) is 6.41. The van der Waals surface area contributed by atoms with E-state index in [1.165, 1.54) is 11.7 Å². The largest absolute Gasteiger partial charge is 0.310 e. The molecular weight excluding hydrogens is 225 g/mol. The minimum absolute atomic E-state index is 0.116. The molecule has 0 saturated heterocycles. The van der Waals surface area contributed by atoms with Gasteiger partial charge < -0.3 is 5.32 Å². The SMILES string of the molecule is C[C@@H](NCCP(C)C(C)(C)C)c1ccccc1. The maximum Gasteiger partial charge on any atom is 0.0291 e. The number of nitrogens with one attached hydrogen (secondary N) is 1. The van der Waals surface area contributed by atoms with Crippen LogP contribution in [0, 0.1) is 0 Å². The van der Waals surface area contributed by atoms with E-state index in [9.17, 15) is 0 Å². The third-order valence-corrected chi connectivity index (χ3v) is 6.53. The number of hydrogen-bond acceptors (Lipinski definition) is 1. The summed E-state index contributed by atoms with van der Waals surface area (Å²) in [4.78, 5) is 0. The molecule has 1 N–H and O–H groups in total. The quantitative estimate of drug-likeness (QED) is 0.771. The van der Waals surface area contributed by atoms with Crippen LogP contribution in [0.15, 0.2) is 30.3 Å². The Labute approximate surface area is 108 Å². The maximum absolute atomic E-state index is 3.62. The van der Waals surface area contributed by atoms with E-state index < -0.39 is 0 Å². The fourth-order valence-electron chi connectivity index (χ4n) is 1.64. The van der Waals surface area contributed by atoms with Crippen LogP contribution in [0.3, 0.4) is 0 Å². The second-order valence-corrected chi connectivity index (χ2v) is 8.86. The van der Waals surface area contributed by atoms with Crippen molar-refractivity contribution in [2.45, 2.75) is 38.9 Å². The maximum atomic E-state index is 3.62. The summed E-state index contributed by atoms with van der Waals surface area (Å²) in [6, 6.07) is 11.1. The van der Waals surface area contributed by atoms with E-state index >= 15 is 0 Å². The van der Waals surface area contributed by atoms with Crippen molar-refractivity contribution in [1.29, 1.82) is 0 Å². The van der Waals surface area contributed by atoms with Gasteiger partial charge in [0.2, 0.25) is 0 Å². The van der Waals surface area contributed by atoms with Crippen LogP contribution in [0.4, 0.5) is 0 Å². The molecule has 0 saturated carbocycles. The molecule has 1 aromatic carbocycles. The molecule has 0 bridgehead atoms. The smallest absolute Gasteiger partial charge is 0.0291 e. The molecule has 0 amide bonds. The Bertz CT molecular complexity index is 315. The zero-order valence-electron chi connectivity index (χ0n) is 11.8. The van der Waals surface area contributed by atoms with E-state index in [4.69, 9.17) is 0 Å². The van der Waals surface area contributed by atoms with E-state index in [0.29, 0.717) is 11.2 Å². The standard InChI is InChI=1S/C15H26NP/c1-13(14-9-7-6-8-10-14)16-11-12-17(5)15(2,3)4/h6-10,13,16H,11-12H2,1-5H3/t13-,17?/m1/s1. The second kappa shape index (κ2) is 6.52. The summed E-state index contributed by atoms with van der Waals surface area (Å²) in [5, 5.41) is 4.10. The second-order valence-electron chi connectivity index (χ2n) is 5.68. The summed E-state index contributed by atoms with van der Waals surface area (Å²) in [6.07, 6.45) is 1.30. The molecule has 0 heterocycles. The molecule has 0 aromatic heterocycles. The Morgan fingerprint density at radius 2 is 1.76 bits per heavy atom. The van der Waals surface area contributed by atoms with Crippen molar-refractivity contribution in [2.75, 3.05) is 19.4 Å². The lowest BCUT2D eigenvalue weighted by atomic mass is 10.1. The summed E-state index contributed by atoms with van der Waals surface area (Å²) in [5.74, 6) is 0. The highest BCUT2D eigenvalue weighted by Crippen LogP contribution is 2.45. The molecule has 2 heteroatoms. The van der Waals surface area contributed by atoms with E-state index in [0.717, 1.165) is 6.54 Å². The van der Waals surface area contributed by atoms with Gasteiger partial charge in [0.25, 0.3) is 0 Å². The van der Waals surface area contributed by atoms with Gasteiger partial charge in [-0.25, -0.2) is 0 Å². The van der Waals surface area contributed by atoms with Gasteiger partial charge >= 0.3 is 0 Å². The van der Waals surface area contributed by atoms with Crippen molar-refractivity contribution in [3.05, 3.63) is 35.9 Å². The van der Waals surface area contributed by atoms with E-state index in [2.05, 4.69) is 70.0 Å².